The summed E-state index contributed by atoms with van der Waals surface area (Å²) >= 11 is 3.21. The van der Waals surface area contributed by atoms with Gasteiger partial charge in [-0.1, -0.05) is 29.8 Å². The third kappa shape index (κ3) is 5.71. The van der Waals surface area contributed by atoms with Gasteiger partial charge < -0.3 is 20.4 Å². The van der Waals surface area contributed by atoms with Gasteiger partial charge in [0.1, 0.15) is 11.7 Å². The number of carbonyl (C=O) groups excluding carboxylic acids is 2. The van der Waals surface area contributed by atoms with Gasteiger partial charge in [0.05, 0.1) is 28.3 Å². The topological polar surface area (TPSA) is 121 Å². The fourth-order valence-corrected chi connectivity index (χ4v) is 5.13. The molecule has 2 amide bonds. The van der Waals surface area contributed by atoms with Crippen molar-refractivity contribution in [3.05, 3.63) is 56.3 Å². The number of likely N-dealkylation sites (tertiary alicyclic amines) is 2. The molecule has 2 N–H and O–H groups in total. The number of pyridine rings is 1. The van der Waals surface area contributed by atoms with Crippen molar-refractivity contribution in [2.45, 2.75) is 38.7 Å². The summed E-state index contributed by atoms with van der Waals surface area (Å²) in [7, 11) is 1.64. The van der Waals surface area contributed by atoms with Crippen LogP contribution in [-0.2, 0) is 0 Å². The molecule has 0 bridgehead atoms. The van der Waals surface area contributed by atoms with Gasteiger partial charge >= 0.3 is 0 Å². The van der Waals surface area contributed by atoms with E-state index in [2.05, 4.69) is 45.4 Å². The summed E-state index contributed by atoms with van der Waals surface area (Å²) in [5.41, 5.74) is -0.127. The summed E-state index contributed by atoms with van der Waals surface area (Å²) in [6.07, 6.45) is 4.28. The Balaban J connectivity index is 1.64. The van der Waals surface area contributed by atoms with E-state index in [4.69, 9.17) is 0 Å². The predicted molar refractivity (Wildman–Crippen MR) is 142 cm³/mol. The summed E-state index contributed by atoms with van der Waals surface area (Å²) in [5, 5.41) is 17.4. The molecular formula is C25H29BrF2N6O4. The summed E-state index contributed by atoms with van der Waals surface area (Å²) in [6, 6.07) is 2.43. The Bertz CT molecular complexity index is 1260. The zero-order valence-corrected chi connectivity index (χ0v) is 22.8. The second-order valence-corrected chi connectivity index (χ2v) is 11.3. The standard InChI is InChI=1S/C25H29BrF2N6O4/c1-24(2)4-6-32(7-5-24)23(36)18-9-16(26)10-19(34(37)38)21(18)31-20-13-33(14-25(20,27)28)22(35)15-8-17(29-3)12-30-11-15/h8-12,20,29,31H,4-7,13-14H2,1-3H3. The number of aromatic nitrogens is 1. The Morgan fingerprint density at radius 3 is 2.45 bits per heavy atom. The third-order valence-electron chi connectivity index (χ3n) is 7.11. The van der Waals surface area contributed by atoms with Crippen molar-refractivity contribution in [3.8, 4) is 0 Å². The van der Waals surface area contributed by atoms with Crippen molar-refractivity contribution < 1.29 is 23.3 Å². The van der Waals surface area contributed by atoms with E-state index in [9.17, 15) is 19.7 Å². The summed E-state index contributed by atoms with van der Waals surface area (Å²) in [6.45, 7) is 3.80. The highest BCUT2D eigenvalue weighted by atomic mass is 79.9. The number of halogens is 3. The van der Waals surface area contributed by atoms with Crippen molar-refractivity contribution in [2.24, 2.45) is 5.41 Å². The fourth-order valence-electron chi connectivity index (χ4n) is 4.68. The van der Waals surface area contributed by atoms with E-state index in [1.165, 1.54) is 30.6 Å². The van der Waals surface area contributed by atoms with E-state index in [1.54, 1.807) is 11.9 Å². The number of nitrogens with one attached hydrogen (secondary N) is 2. The van der Waals surface area contributed by atoms with Gasteiger partial charge in [0, 0.05) is 49.6 Å². The van der Waals surface area contributed by atoms with E-state index in [1.807, 2.05) is 0 Å². The van der Waals surface area contributed by atoms with Crippen LogP contribution in [0.1, 0.15) is 47.4 Å². The Labute approximate surface area is 227 Å². The maximum Gasteiger partial charge on any atom is 0.294 e. The second-order valence-electron chi connectivity index (χ2n) is 10.4. The molecule has 0 saturated carbocycles. The lowest BCUT2D eigenvalue weighted by Crippen LogP contribution is -2.42. The minimum atomic E-state index is -3.42. The van der Waals surface area contributed by atoms with Crippen LogP contribution >= 0.6 is 15.9 Å². The Kier molecular flexibility index (Phi) is 7.60. The van der Waals surface area contributed by atoms with Crippen LogP contribution in [0.2, 0.25) is 0 Å². The quantitative estimate of drug-likeness (QED) is 0.369. The number of hydrogen-bond acceptors (Lipinski definition) is 7. The van der Waals surface area contributed by atoms with Crippen molar-refractivity contribution in [2.75, 3.05) is 43.9 Å². The highest BCUT2D eigenvalue weighted by Gasteiger charge is 2.51. The lowest BCUT2D eigenvalue weighted by Gasteiger charge is -2.37. The molecule has 204 valence electrons. The molecule has 4 rings (SSSR count). The number of hydrogen-bond donors (Lipinski definition) is 2. The Morgan fingerprint density at radius 1 is 1.13 bits per heavy atom. The molecule has 13 heteroatoms. The Hall–Kier alpha value is -3.35. The van der Waals surface area contributed by atoms with Gasteiger partial charge in [0.25, 0.3) is 23.4 Å². The molecule has 0 spiro atoms. The van der Waals surface area contributed by atoms with Crippen LogP contribution in [0.5, 0.6) is 0 Å². The minimum Gasteiger partial charge on any atom is -0.387 e. The van der Waals surface area contributed by atoms with Gasteiger partial charge in [-0.25, -0.2) is 8.78 Å². The van der Waals surface area contributed by atoms with Gasteiger partial charge in [-0.05, 0) is 30.4 Å². The molecule has 1 aromatic heterocycles. The predicted octanol–water partition coefficient (Wildman–Crippen LogP) is 4.63. The molecule has 3 heterocycles. The number of nitro benzene ring substituents is 1. The van der Waals surface area contributed by atoms with Crippen molar-refractivity contribution in [1.29, 1.82) is 0 Å². The molecule has 38 heavy (non-hydrogen) atoms. The van der Waals surface area contributed by atoms with E-state index < -0.39 is 47.5 Å². The summed E-state index contributed by atoms with van der Waals surface area (Å²) in [4.78, 5) is 44.2. The number of rotatable bonds is 6. The highest BCUT2D eigenvalue weighted by molar-refractivity contribution is 9.10. The van der Waals surface area contributed by atoms with Gasteiger partial charge in [-0.15, -0.1) is 0 Å². The number of carbonyl (C=O) groups is 2. The first kappa shape index (κ1) is 27.7. The lowest BCUT2D eigenvalue weighted by atomic mass is 9.82. The van der Waals surface area contributed by atoms with Crippen molar-refractivity contribution >= 4 is 44.8 Å². The zero-order chi connectivity index (χ0) is 27.8. The van der Waals surface area contributed by atoms with Crippen LogP contribution < -0.4 is 10.6 Å². The molecule has 10 nitrogen and oxygen atoms in total. The smallest absolute Gasteiger partial charge is 0.294 e. The average molecular weight is 595 g/mol. The second kappa shape index (κ2) is 10.4. The molecule has 2 aromatic rings. The number of alkyl halides is 2. The molecule has 0 aliphatic carbocycles. The van der Waals surface area contributed by atoms with Crippen molar-refractivity contribution in [3.63, 3.8) is 0 Å². The molecular weight excluding hydrogens is 566 g/mol. The van der Waals surface area contributed by atoms with E-state index in [-0.39, 0.29) is 26.7 Å². The molecule has 2 saturated heterocycles. The minimum absolute atomic E-state index is 0.0608. The first-order valence-electron chi connectivity index (χ1n) is 12.1. The third-order valence-corrected chi connectivity index (χ3v) is 7.57. The van der Waals surface area contributed by atoms with Crippen LogP contribution in [0, 0.1) is 15.5 Å². The fraction of sp³-hybridized carbons (Fsp3) is 0.480. The molecule has 2 fully saturated rings. The monoisotopic (exact) mass is 594 g/mol. The Morgan fingerprint density at radius 2 is 1.82 bits per heavy atom. The number of benzene rings is 1. The first-order chi connectivity index (χ1) is 17.8. The normalized spacial score (nSPS) is 20.2. The molecule has 1 aromatic carbocycles. The van der Waals surface area contributed by atoms with Gasteiger partial charge in [0.15, 0.2) is 0 Å². The zero-order valence-electron chi connectivity index (χ0n) is 21.3. The van der Waals surface area contributed by atoms with E-state index in [0.29, 0.717) is 18.8 Å². The van der Waals surface area contributed by atoms with Crippen LogP contribution in [0.4, 0.5) is 25.8 Å². The number of piperidine rings is 1. The highest BCUT2D eigenvalue weighted by Crippen LogP contribution is 2.39. The SMILES string of the molecule is CNc1cncc(C(=O)N2CC(Nc3c(C(=O)N4CCC(C)(C)CC4)cc(Br)cc3[N+](=O)[O-])C(F)(F)C2)c1. The average Bonchev–Trinajstić information content (AvgIpc) is 3.17. The maximum atomic E-state index is 15.2. The number of nitrogens with zero attached hydrogens (tertiary/aromatic N) is 4. The van der Waals surface area contributed by atoms with Gasteiger partial charge in [-0.3, -0.25) is 24.7 Å². The van der Waals surface area contributed by atoms with Crippen LogP contribution in [0.3, 0.4) is 0 Å². The first-order valence-corrected chi connectivity index (χ1v) is 12.9. The summed E-state index contributed by atoms with van der Waals surface area (Å²) in [5.74, 6) is -4.53. The molecule has 1 atom stereocenters. The summed E-state index contributed by atoms with van der Waals surface area (Å²) < 4.78 is 30.7. The van der Waals surface area contributed by atoms with Crippen molar-refractivity contribution in [1.82, 2.24) is 14.8 Å². The number of nitro groups is 1. The largest absolute Gasteiger partial charge is 0.387 e. The molecule has 2 aliphatic rings. The number of amides is 2. The van der Waals surface area contributed by atoms with Gasteiger partial charge in [0.2, 0.25) is 0 Å². The number of anilines is 2. The van der Waals surface area contributed by atoms with Crippen LogP contribution in [-0.4, -0.2) is 76.7 Å². The van der Waals surface area contributed by atoms with E-state index >= 15 is 8.78 Å². The van der Waals surface area contributed by atoms with Crippen LogP contribution in [0.15, 0.2) is 35.1 Å². The van der Waals surface area contributed by atoms with Crippen LogP contribution in [0.25, 0.3) is 0 Å². The molecule has 2 aliphatic heterocycles. The maximum absolute atomic E-state index is 15.2. The van der Waals surface area contributed by atoms with Gasteiger partial charge in [-0.2, -0.15) is 0 Å². The lowest BCUT2D eigenvalue weighted by molar-refractivity contribution is -0.384. The molecule has 0 radical (unpaired) electrons. The molecule has 1 unspecified atom stereocenters. The van der Waals surface area contributed by atoms with E-state index in [0.717, 1.165) is 17.7 Å².